The van der Waals surface area contributed by atoms with E-state index in [2.05, 4.69) is 0 Å². The molecule has 0 saturated heterocycles. The van der Waals surface area contributed by atoms with Crippen LogP contribution in [0.1, 0.15) is 37.9 Å². The van der Waals surface area contributed by atoms with Gasteiger partial charge in [-0.15, -0.1) is 0 Å². The van der Waals surface area contributed by atoms with Crippen LogP contribution in [-0.2, 0) is 4.79 Å². The van der Waals surface area contributed by atoms with Gasteiger partial charge in [0.25, 0.3) is 11.5 Å². The molecule has 3 aromatic rings. The number of fused-ring (bicyclic) bond motifs is 1. The summed E-state index contributed by atoms with van der Waals surface area (Å²) < 4.78 is 24.1. The summed E-state index contributed by atoms with van der Waals surface area (Å²) in [6.07, 6.45) is 1.76. The van der Waals surface area contributed by atoms with Gasteiger partial charge in [-0.1, -0.05) is 29.5 Å². The van der Waals surface area contributed by atoms with Gasteiger partial charge in [0.1, 0.15) is 11.8 Å². The second-order valence-electron chi connectivity index (χ2n) is 8.76. The SMILES string of the molecule is CCN(CC)C(=O)C1=C(C)N=c2s/c(=C/c3cc(OC)c(OC)c(OC)c3)c(=O)n2[C@H]1c1ccccc1OC. The van der Waals surface area contributed by atoms with Crippen LogP contribution in [0.2, 0.25) is 0 Å². The molecule has 0 aliphatic carbocycles. The Balaban J connectivity index is 1.99. The van der Waals surface area contributed by atoms with Crippen LogP contribution in [0.5, 0.6) is 23.0 Å². The van der Waals surface area contributed by atoms with Crippen LogP contribution >= 0.6 is 11.3 Å². The van der Waals surface area contributed by atoms with E-state index in [0.29, 0.717) is 67.8 Å². The first-order valence-corrected chi connectivity index (χ1v) is 13.4. The molecule has 0 spiro atoms. The van der Waals surface area contributed by atoms with Gasteiger partial charge in [-0.25, -0.2) is 4.99 Å². The van der Waals surface area contributed by atoms with Gasteiger partial charge in [-0.3, -0.25) is 14.2 Å². The lowest BCUT2D eigenvalue weighted by Gasteiger charge is -2.29. The minimum absolute atomic E-state index is 0.156. The van der Waals surface area contributed by atoms with Gasteiger partial charge in [0, 0.05) is 18.7 Å². The first-order chi connectivity index (χ1) is 18.8. The number of hydrogen-bond donors (Lipinski definition) is 0. The van der Waals surface area contributed by atoms with Gasteiger partial charge in [-0.05, 0) is 50.6 Å². The van der Waals surface area contributed by atoms with E-state index in [9.17, 15) is 9.59 Å². The highest BCUT2D eigenvalue weighted by Gasteiger charge is 2.35. The van der Waals surface area contributed by atoms with Crippen molar-refractivity contribution in [2.75, 3.05) is 41.5 Å². The van der Waals surface area contributed by atoms with Gasteiger partial charge in [0.15, 0.2) is 16.3 Å². The summed E-state index contributed by atoms with van der Waals surface area (Å²) in [5.41, 5.74) is 2.17. The number of carbonyl (C=O) groups excluding carboxylic acids is 1. The average Bonchev–Trinajstić information content (AvgIpc) is 3.25. The minimum atomic E-state index is -0.701. The summed E-state index contributed by atoms with van der Waals surface area (Å²) in [6.45, 7) is 6.76. The third-order valence-corrected chi connectivity index (χ3v) is 7.70. The standard InChI is InChI=1S/C29H33N3O6S/c1-8-31(9-2)28(34)24-17(3)30-29-32(25(24)19-12-10-11-13-20(19)35-4)27(33)23(39-29)16-18-14-21(36-5)26(38-7)22(15-18)37-6/h10-16,25H,8-9H2,1-7H3/b23-16+/t25-/m0/s1. The number of nitrogens with zero attached hydrogens (tertiary/aromatic N) is 3. The Kier molecular flexibility index (Phi) is 8.44. The number of aromatic nitrogens is 1. The largest absolute Gasteiger partial charge is 0.496 e. The van der Waals surface area contributed by atoms with Crippen LogP contribution < -0.4 is 33.8 Å². The van der Waals surface area contributed by atoms with Gasteiger partial charge in [0.2, 0.25) is 5.75 Å². The summed E-state index contributed by atoms with van der Waals surface area (Å²) in [6, 6.07) is 10.3. The minimum Gasteiger partial charge on any atom is -0.496 e. The van der Waals surface area contributed by atoms with Crippen LogP contribution in [0.25, 0.3) is 6.08 Å². The predicted octanol–water partition coefficient (Wildman–Crippen LogP) is 3.14. The topological polar surface area (TPSA) is 91.6 Å². The highest BCUT2D eigenvalue weighted by atomic mass is 32.1. The second-order valence-corrected chi connectivity index (χ2v) is 9.77. The number of carbonyl (C=O) groups is 1. The summed E-state index contributed by atoms with van der Waals surface area (Å²) >= 11 is 1.26. The van der Waals surface area contributed by atoms with E-state index in [1.54, 1.807) is 49.0 Å². The molecule has 1 atom stereocenters. The van der Waals surface area contributed by atoms with Crippen molar-refractivity contribution in [3.63, 3.8) is 0 Å². The molecule has 2 heterocycles. The van der Waals surface area contributed by atoms with Crippen LogP contribution in [0.4, 0.5) is 0 Å². The smallest absolute Gasteiger partial charge is 0.271 e. The Hall–Kier alpha value is -4.05. The Bertz CT molecular complexity index is 1570. The van der Waals surface area contributed by atoms with Crippen molar-refractivity contribution in [2.45, 2.75) is 26.8 Å². The third-order valence-electron chi connectivity index (χ3n) is 6.72. The molecule has 0 fully saturated rings. The highest BCUT2D eigenvalue weighted by Crippen LogP contribution is 2.39. The highest BCUT2D eigenvalue weighted by molar-refractivity contribution is 7.07. The molecule has 39 heavy (non-hydrogen) atoms. The fourth-order valence-corrected chi connectivity index (χ4v) is 5.85. The zero-order valence-electron chi connectivity index (χ0n) is 23.2. The summed E-state index contributed by atoms with van der Waals surface area (Å²) in [7, 11) is 6.20. The van der Waals surface area contributed by atoms with E-state index >= 15 is 0 Å². The Morgan fingerprint density at radius 1 is 1.00 bits per heavy atom. The fraction of sp³-hybridized carbons (Fsp3) is 0.345. The lowest BCUT2D eigenvalue weighted by molar-refractivity contribution is -0.127. The number of rotatable bonds is 9. The fourth-order valence-electron chi connectivity index (χ4n) is 4.80. The van der Waals surface area contributed by atoms with E-state index in [1.807, 2.05) is 45.0 Å². The summed E-state index contributed by atoms with van der Waals surface area (Å²) in [5, 5.41) is 0. The number of amides is 1. The average molecular weight is 552 g/mol. The number of methoxy groups -OCH3 is 4. The van der Waals surface area contributed by atoms with Crippen molar-refractivity contribution in [2.24, 2.45) is 4.99 Å². The quantitative estimate of drug-likeness (QED) is 0.406. The number of thiazole rings is 1. The molecule has 206 valence electrons. The van der Waals surface area contributed by atoms with Crippen LogP contribution in [0.15, 0.2) is 57.5 Å². The molecule has 0 unspecified atom stereocenters. The maximum Gasteiger partial charge on any atom is 0.271 e. The number of likely N-dealkylation sites (N-methyl/N-ethyl adjacent to an activating group) is 1. The molecule has 0 N–H and O–H groups in total. The zero-order valence-corrected chi connectivity index (χ0v) is 24.0. The van der Waals surface area contributed by atoms with Crippen molar-refractivity contribution < 1.29 is 23.7 Å². The van der Waals surface area contributed by atoms with Crippen molar-refractivity contribution in [1.82, 2.24) is 9.47 Å². The molecule has 0 saturated carbocycles. The molecular weight excluding hydrogens is 518 g/mol. The maximum atomic E-state index is 14.0. The predicted molar refractivity (Wildman–Crippen MR) is 151 cm³/mol. The van der Waals surface area contributed by atoms with Crippen molar-refractivity contribution in [3.05, 3.63) is 78.5 Å². The first-order valence-electron chi connectivity index (χ1n) is 12.6. The Labute approximate surface area is 231 Å². The monoisotopic (exact) mass is 551 g/mol. The third kappa shape index (κ3) is 5.04. The van der Waals surface area contributed by atoms with Gasteiger partial charge >= 0.3 is 0 Å². The number of hydrogen-bond acceptors (Lipinski definition) is 8. The van der Waals surface area contributed by atoms with Crippen molar-refractivity contribution in [1.29, 1.82) is 0 Å². The molecule has 1 aromatic heterocycles. The molecule has 10 heteroatoms. The molecule has 1 amide bonds. The van der Waals surface area contributed by atoms with E-state index < -0.39 is 6.04 Å². The molecule has 0 radical (unpaired) electrons. The molecule has 4 rings (SSSR count). The molecule has 2 aromatic carbocycles. The lowest BCUT2D eigenvalue weighted by Crippen LogP contribution is -2.43. The summed E-state index contributed by atoms with van der Waals surface area (Å²) in [4.78, 5) is 34.8. The normalized spacial score (nSPS) is 14.9. The van der Waals surface area contributed by atoms with Gasteiger partial charge in [0.05, 0.1) is 44.2 Å². The van der Waals surface area contributed by atoms with E-state index in [4.69, 9.17) is 23.9 Å². The first kappa shape index (κ1) is 28.0. The Morgan fingerprint density at radius 2 is 1.62 bits per heavy atom. The van der Waals surface area contributed by atoms with Crippen LogP contribution in [0, 0.1) is 0 Å². The number of benzene rings is 2. The van der Waals surface area contributed by atoms with Crippen LogP contribution in [-0.4, -0.2) is 56.9 Å². The molecule has 1 aliphatic heterocycles. The van der Waals surface area contributed by atoms with E-state index in [0.717, 1.165) is 0 Å². The molecular formula is C29H33N3O6S. The zero-order chi connectivity index (χ0) is 28.3. The molecule has 9 nitrogen and oxygen atoms in total. The van der Waals surface area contributed by atoms with Crippen molar-refractivity contribution >= 4 is 23.3 Å². The van der Waals surface area contributed by atoms with E-state index in [-0.39, 0.29) is 11.5 Å². The number of ether oxygens (including phenoxy) is 4. The van der Waals surface area contributed by atoms with Gasteiger partial charge < -0.3 is 23.8 Å². The van der Waals surface area contributed by atoms with Gasteiger partial charge in [-0.2, -0.15) is 0 Å². The number of para-hydroxylation sites is 1. The van der Waals surface area contributed by atoms with Crippen LogP contribution in [0.3, 0.4) is 0 Å². The van der Waals surface area contributed by atoms with Crippen molar-refractivity contribution in [3.8, 4) is 23.0 Å². The second kappa shape index (κ2) is 11.8. The lowest BCUT2D eigenvalue weighted by atomic mass is 9.94. The Morgan fingerprint density at radius 3 is 2.18 bits per heavy atom. The van der Waals surface area contributed by atoms with E-state index in [1.165, 1.54) is 18.4 Å². The number of allylic oxidation sites excluding steroid dienone is 1. The molecule has 1 aliphatic rings. The summed E-state index contributed by atoms with van der Waals surface area (Å²) in [5.74, 6) is 1.85. The molecule has 0 bridgehead atoms. The maximum absolute atomic E-state index is 14.0.